The number of hydrogen-bond donors (Lipinski definition) is 1. The highest BCUT2D eigenvalue weighted by Gasteiger charge is 2.31. The molecule has 0 amide bonds. The van der Waals surface area contributed by atoms with Gasteiger partial charge in [0.15, 0.2) is 11.5 Å². The first kappa shape index (κ1) is 17.4. The average Bonchev–Trinajstić information content (AvgIpc) is 3.41. The summed E-state index contributed by atoms with van der Waals surface area (Å²) in [6.45, 7) is 1.32. The molecule has 1 saturated heterocycles. The van der Waals surface area contributed by atoms with E-state index in [2.05, 4.69) is 15.0 Å². The maximum Gasteiger partial charge on any atom is 0.387 e. The normalized spacial score (nSPS) is 19.0. The number of halogens is 2. The van der Waals surface area contributed by atoms with Crippen LogP contribution >= 0.6 is 0 Å². The Kier molecular flexibility index (Phi) is 5.89. The Hall–Kier alpha value is -1.40. The molecule has 0 atom stereocenters. The van der Waals surface area contributed by atoms with Crippen molar-refractivity contribution < 1.29 is 18.3 Å². The molecule has 0 unspecified atom stereocenters. The molecule has 2 fully saturated rings. The number of hydrogen-bond acceptors (Lipinski definition) is 4. The minimum absolute atomic E-state index is 0.0903. The second-order valence-corrected chi connectivity index (χ2v) is 6.72. The Labute approximate surface area is 142 Å². The van der Waals surface area contributed by atoms with E-state index in [0.29, 0.717) is 11.8 Å². The Balaban J connectivity index is 1.65. The standard InChI is InChI=1S/C18H26F2N2O2/c1-23-17-10-14(2-5-16(17)24-18(19)20)12-22(15-3-4-15)11-13-6-8-21-9-7-13/h2,5,10,13,15,18,21H,3-4,6-9,11-12H2,1H3. The molecule has 0 aromatic heterocycles. The van der Waals surface area contributed by atoms with Crippen molar-refractivity contribution in [3.05, 3.63) is 23.8 Å². The van der Waals surface area contributed by atoms with Crippen LogP contribution in [0.4, 0.5) is 8.78 Å². The monoisotopic (exact) mass is 340 g/mol. The van der Waals surface area contributed by atoms with Crippen molar-refractivity contribution in [1.29, 1.82) is 0 Å². The summed E-state index contributed by atoms with van der Waals surface area (Å²) in [5, 5.41) is 3.41. The largest absolute Gasteiger partial charge is 0.493 e. The molecule has 2 aliphatic rings. The van der Waals surface area contributed by atoms with Crippen LogP contribution in [0, 0.1) is 5.92 Å². The number of piperidine rings is 1. The van der Waals surface area contributed by atoms with Gasteiger partial charge < -0.3 is 14.8 Å². The summed E-state index contributed by atoms with van der Waals surface area (Å²) in [6, 6.07) is 5.92. The van der Waals surface area contributed by atoms with Crippen molar-refractivity contribution in [1.82, 2.24) is 10.2 Å². The quantitative estimate of drug-likeness (QED) is 0.788. The number of ether oxygens (including phenoxy) is 2. The zero-order valence-electron chi connectivity index (χ0n) is 14.1. The van der Waals surface area contributed by atoms with E-state index in [1.807, 2.05) is 12.1 Å². The molecule has 1 aromatic carbocycles. The minimum Gasteiger partial charge on any atom is -0.493 e. The fourth-order valence-electron chi connectivity index (χ4n) is 3.42. The van der Waals surface area contributed by atoms with Crippen molar-refractivity contribution in [2.75, 3.05) is 26.7 Å². The number of benzene rings is 1. The number of nitrogens with one attached hydrogen (secondary N) is 1. The molecule has 0 bridgehead atoms. The van der Waals surface area contributed by atoms with Gasteiger partial charge in [-0.15, -0.1) is 0 Å². The molecule has 0 spiro atoms. The van der Waals surface area contributed by atoms with E-state index in [4.69, 9.17) is 4.74 Å². The lowest BCUT2D eigenvalue weighted by atomic mass is 9.97. The van der Waals surface area contributed by atoms with Gasteiger partial charge in [0.25, 0.3) is 0 Å². The highest BCUT2D eigenvalue weighted by molar-refractivity contribution is 5.43. The molecule has 6 heteroatoms. The summed E-state index contributed by atoms with van der Waals surface area (Å²) < 4.78 is 34.6. The lowest BCUT2D eigenvalue weighted by Gasteiger charge is -2.30. The topological polar surface area (TPSA) is 33.7 Å². The van der Waals surface area contributed by atoms with Crippen molar-refractivity contribution in [2.24, 2.45) is 5.92 Å². The molecule has 1 aliphatic carbocycles. The van der Waals surface area contributed by atoms with Crippen molar-refractivity contribution in [3.8, 4) is 11.5 Å². The van der Waals surface area contributed by atoms with Gasteiger partial charge in [-0.1, -0.05) is 6.07 Å². The molecular formula is C18H26F2N2O2. The zero-order chi connectivity index (χ0) is 16.9. The van der Waals surface area contributed by atoms with Crippen LogP contribution in [0.2, 0.25) is 0 Å². The van der Waals surface area contributed by atoms with Crippen molar-refractivity contribution in [2.45, 2.75) is 44.9 Å². The molecule has 1 N–H and O–H groups in total. The van der Waals surface area contributed by atoms with E-state index < -0.39 is 6.61 Å². The summed E-state index contributed by atoms with van der Waals surface area (Å²) in [4.78, 5) is 2.54. The summed E-state index contributed by atoms with van der Waals surface area (Å²) in [5.41, 5.74) is 1.08. The van der Waals surface area contributed by atoms with Crippen molar-refractivity contribution in [3.63, 3.8) is 0 Å². The summed E-state index contributed by atoms with van der Waals surface area (Å²) in [6.07, 6.45) is 4.98. The fourth-order valence-corrected chi connectivity index (χ4v) is 3.42. The van der Waals surface area contributed by atoms with Crippen LogP contribution in [-0.2, 0) is 6.54 Å². The van der Waals surface area contributed by atoms with Crippen LogP contribution in [0.1, 0.15) is 31.2 Å². The highest BCUT2D eigenvalue weighted by Crippen LogP contribution is 2.33. The highest BCUT2D eigenvalue weighted by atomic mass is 19.3. The number of nitrogens with zero attached hydrogens (tertiary/aromatic N) is 1. The maximum absolute atomic E-state index is 12.4. The molecule has 1 heterocycles. The minimum atomic E-state index is -2.84. The molecule has 1 aromatic rings. The van der Waals surface area contributed by atoms with Gasteiger partial charge in [-0.25, -0.2) is 0 Å². The first-order valence-corrected chi connectivity index (χ1v) is 8.72. The van der Waals surface area contributed by atoms with E-state index in [1.165, 1.54) is 32.8 Å². The number of methoxy groups -OCH3 is 1. The van der Waals surface area contributed by atoms with E-state index in [1.54, 1.807) is 6.07 Å². The number of alkyl halides is 2. The molecule has 3 rings (SSSR count). The third-order valence-corrected chi connectivity index (χ3v) is 4.84. The van der Waals surface area contributed by atoms with Gasteiger partial charge in [-0.3, -0.25) is 4.90 Å². The fraction of sp³-hybridized carbons (Fsp3) is 0.667. The first-order valence-electron chi connectivity index (χ1n) is 8.72. The smallest absolute Gasteiger partial charge is 0.387 e. The molecule has 1 aliphatic heterocycles. The summed E-state index contributed by atoms with van der Waals surface area (Å²) in [7, 11) is 1.48. The van der Waals surface area contributed by atoms with Crippen LogP contribution in [0.5, 0.6) is 11.5 Å². The van der Waals surface area contributed by atoms with Gasteiger partial charge in [-0.05, 0) is 62.4 Å². The van der Waals surface area contributed by atoms with Gasteiger partial charge in [0.05, 0.1) is 7.11 Å². The zero-order valence-corrected chi connectivity index (χ0v) is 14.1. The summed E-state index contributed by atoms with van der Waals surface area (Å²) in [5.74, 6) is 1.20. The van der Waals surface area contributed by atoms with Crippen molar-refractivity contribution >= 4 is 0 Å². The third-order valence-electron chi connectivity index (χ3n) is 4.84. The lowest BCUT2D eigenvalue weighted by molar-refractivity contribution is -0.0512. The van der Waals surface area contributed by atoms with E-state index >= 15 is 0 Å². The van der Waals surface area contributed by atoms with Crippen LogP contribution in [0.15, 0.2) is 18.2 Å². The van der Waals surface area contributed by atoms with E-state index in [9.17, 15) is 8.78 Å². The summed E-state index contributed by atoms with van der Waals surface area (Å²) >= 11 is 0. The van der Waals surface area contributed by atoms with Crippen LogP contribution in [-0.4, -0.2) is 44.3 Å². The predicted octanol–water partition coefficient (Wildman–Crippen LogP) is 3.26. The van der Waals surface area contributed by atoms with Crippen LogP contribution < -0.4 is 14.8 Å². The molecule has 0 radical (unpaired) electrons. The van der Waals surface area contributed by atoms with Gasteiger partial charge in [-0.2, -0.15) is 8.78 Å². The first-order chi connectivity index (χ1) is 11.7. The van der Waals surface area contributed by atoms with Gasteiger partial charge in [0, 0.05) is 19.1 Å². The Morgan fingerprint density at radius 1 is 1.17 bits per heavy atom. The van der Waals surface area contributed by atoms with Gasteiger partial charge >= 0.3 is 6.61 Å². The molecule has 1 saturated carbocycles. The SMILES string of the molecule is COc1cc(CN(CC2CCNCC2)C2CC2)ccc1OC(F)F. The lowest BCUT2D eigenvalue weighted by Crippen LogP contribution is -2.37. The van der Waals surface area contributed by atoms with Gasteiger partial charge in [0.1, 0.15) is 0 Å². The Morgan fingerprint density at radius 2 is 1.92 bits per heavy atom. The number of rotatable bonds is 8. The Morgan fingerprint density at radius 3 is 2.54 bits per heavy atom. The Bertz CT molecular complexity index is 532. The maximum atomic E-state index is 12.4. The van der Waals surface area contributed by atoms with E-state index in [0.717, 1.165) is 37.7 Å². The van der Waals surface area contributed by atoms with Gasteiger partial charge in [0.2, 0.25) is 0 Å². The molecule has 24 heavy (non-hydrogen) atoms. The van der Waals surface area contributed by atoms with Crippen LogP contribution in [0.25, 0.3) is 0 Å². The second kappa shape index (κ2) is 8.12. The molecule has 134 valence electrons. The molecular weight excluding hydrogens is 314 g/mol. The third kappa shape index (κ3) is 4.80. The second-order valence-electron chi connectivity index (χ2n) is 6.72. The van der Waals surface area contributed by atoms with E-state index in [-0.39, 0.29) is 5.75 Å². The molecule has 4 nitrogen and oxygen atoms in total. The average molecular weight is 340 g/mol. The van der Waals surface area contributed by atoms with Crippen LogP contribution in [0.3, 0.4) is 0 Å². The predicted molar refractivity (Wildman–Crippen MR) is 88.7 cm³/mol.